The van der Waals surface area contributed by atoms with E-state index in [0.29, 0.717) is 21.8 Å². The van der Waals surface area contributed by atoms with Gasteiger partial charge < -0.3 is 16.0 Å². The van der Waals surface area contributed by atoms with Crippen molar-refractivity contribution in [3.8, 4) is 0 Å². The van der Waals surface area contributed by atoms with Crippen molar-refractivity contribution in [3.63, 3.8) is 0 Å². The fraction of sp³-hybridized carbons (Fsp3) is 0.100. The maximum Gasteiger partial charge on any atom is 0.258 e. The van der Waals surface area contributed by atoms with Gasteiger partial charge in [0.25, 0.3) is 11.8 Å². The Kier molecular flexibility index (Phi) is 8.40. The summed E-state index contributed by atoms with van der Waals surface area (Å²) in [6.45, 7) is 0. The van der Waals surface area contributed by atoms with Gasteiger partial charge in [-0.25, -0.2) is 4.99 Å². The summed E-state index contributed by atoms with van der Waals surface area (Å²) >= 11 is 5.93. The van der Waals surface area contributed by atoms with Gasteiger partial charge in [0.15, 0.2) is 0 Å². The van der Waals surface area contributed by atoms with E-state index in [1.807, 2.05) is 0 Å². The van der Waals surface area contributed by atoms with Crippen molar-refractivity contribution >= 4 is 41.4 Å². The smallest absolute Gasteiger partial charge is 0.258 e. The lowest BCUT2D eigenvalue weighted by atomic mass is 10.1. The predicted molar refractivity (Wildman–Crippen MR) is 116 cm³/mol. The Hall–Kier alpha value is -3.65. The lowest BCUT2D eigenvalue weighted by Crippen LogP contribution is -2.36. The average Bonchev–Trinajstić information content (AvgIpc) is 2.73. The van der Waals surface area contributed by atoms with Crippen molar-refractivity contribution in [2.75, 3.05) is 19.4 Å². The lowest BCUT2D eigenvalue weighted by Gasteiger charge is -2.14. The molecule has 0 heterocycles. The van der Waals surface area contributed by atoms with Crippen LogP contribution >= 0.6 is 11.6 Å². The van der Waals surface area contributed by atoms with E-state index in [2.05, 4.69) is 31.3 Å². The third-order valence-corrected chi connectivity index (χ3v) is 3.80. The van der Waals surface area contributed by atoms with Gasteiger partial charge in [-0.2, -0.15) is 0 Å². The molecule has 0 atom stereocenters. The molecule has 0 bridgehead atoms. The number of halogens is 1. The molecule has 0 saturated carbocycles. The van der Waals surface area contributed by atoms with Crippen LogP contribution in [0.3, 0.4) is 0 Å². The molecule has 0 aliphatic carbocycles. The minimum Gasteiger partial charge on any atom is -0.393 e. The highest BCUT2D eigenvalue weighted by Gasteiger charge is 2.13. The van der Waals surface area contributed by atoms with Gasteiger partial charge in [0.1, 0.15) is 0 Å². The van der Waals surface area contributed by atoms with Gasteiger partial charge in [-0.3, -0.25) is 19.9 Å². The first kappa shape index (κ1) is 21.6. The van der Waals surface area contributed by atoms with Crippen LogP contribution in [-0.4, -0.2) is 38.2 Å². The van der Waals surface area contributed by atoms with Crippen LogP contribution in [0.25, 0.3) is 0 Å². The van der Waals surface area contributed by atoms with Gasteiger partial charge in [-0.1, -0.05) is 29.8 Å². The first-order chi connectivity index (χ1) is 14.0. The Bertz CT molecular complexity index is 955. The molecule has 0 aromatic heterocycles. The van der Waals surface area contributed by atoms with Crippen LogP contribution in [0.15, 0.2) is 70.9 Å². The number of amides is 2. The van der Waals surface area contributed by atoms with Crippen molar-refractivity contribution in [1.29, 1.82) is 0 Å². The second-order valence-corrected chi connectivity index (χ2v) is 6.00. The Morgan fingerprint density at radius 1 is 1.07 bits per heavy atom. The van der Waals surface area contributed by atoms with E-state index < -0.39 is 0 Å². The number of hydrogen-bond acceptors (Lipinski definition) is 5. The molecule has 150 valence electrons. The first-order valence-electron chi connectivity index (χ1n) is 8.59. The summed E-state index contributed by atoms with van der Waals surface area (Å²) in [7, 11) is 3.26. The molecule has 2 aromatic carbocycles. The SMILES string of the molecule is CN=C(NC(=O)c1cccc(Cl)c1)Nc1ccccc1C(=O)NC=N/C=C\NC. The molecule has 4 N–H and O–H groups in total. The van der Waals surface area contributed by atoms with Crippen LogP contribution < -0.4 is 21.3 Å². The Morgan fingerprint density at radius 3 is 2.59 bits per heavy atom. The highest BCUT2D eigenvalue weighted by molar-refractivity contribution is 6.31. The molecule has 0 aliphatic heterocycles. The van der Waals surface area contributed by atoms with E-state index in [0.717, 1.165) is 0 Å². The molecule has 29 heavy (non-hydrogen) atoms. The van der Waals surface area contributed by atoms with Crippen LogP contribution in [0.5, 0.6) is 0 Å². The summed E-state index contributed by atoms with van der Waals surface area (Å²) in [5.41, 5.74) is 1.21. The number of anilines is 1. The van der Waals surface area contributed by atoms with Crippen LogP contribution in [0, 0.1) is 0 Å². The molecule has 0 spiro atoms. The molecule has 2 aromatic rings. The minimum atomic E-state index is -0.383. The Labute approximate surface area is 173 Å². The Balaban J connectivity index is 2.10. The van der Waals surface area contributed by atoms with Gasteiger partial charge in [0, 0.05) is 37.1 Å². The lowest BCUT2D eigenvalue weighted by molar-refractivity contribution is 0.0970. The first-order valence-corrected chi connectivity index (χ1v) is 8.97. The fourth-order valence-electron chi connectivity index (χ4n) is 2.20. The summed E-state index contributed by atoms with van der Waals surface area (Å²) in [5, 5.41) is 11.4. The van der Waals surface area contributed by atoms with Crippen LogP contribution in [0.1, 0.15) is 20.7 Å². The van der Waals surface area contributed by atoms with Gasteiger partial charge in [-0.05, 0) is 30.3 Å². The number of aliphatic imine (C=N–C) groups is 2. The summed E-state index contributed by atoms with van der Waals surface area (Å²) in [4.78, 5) is 32.8. The molecule has 0 saturated heterocycles. The topological polar surface area (TPSA) is 107 Å². The molecule has 0 aliphatic rings. The number of nitrogens with zero attached hydrogens (tertiary/aromatic N) is 2. The molecule has 2 amide bonds. The molecule has 0 fully saturated rings. The van der Waals surface area contributed by atoms with Crippen molar-refractivity contribution in [2.45, 2.75) is 0 Å². The van der Waals surface area contributed by atoms with Gasteiger partial charge in [-0.15, -0.1) is 0 Å². The van der Waals surface area contributed by atoms with Crippen LogP contribution in [-0.2, 0) is 0 Å². The zero-order chi connectivity index (χ0) is 21.1. The van der Waals surface area contributed by atoms with E-state index in [1.165, 1.54) is 19.6 Å². The summed E-state index contributed by atoms with van der Waals surface area (Å²) in [6.07, 6.45) is 4.39. The molecule has 0 unspecified atom stereocenters. The average molecular weight is 413 g/mol. The van der Waals surface area contributed by atoms with Crippen molar-refractivity contribution in [3.05, 3.63) is 77.1 Å². The highest BCUT2D eigenvalue weighted by atomic mass is 35.5. The number of benzene rings is 2. The number of nitrogens with one attached hydrogen (secondary N) is 4. The van der Waals surface area contributed by atoms with E-state index >= 15 is 0 Å². The zero-order valence-electron chi connectivity index (χ0n) is 15.9. The number of carbonyl (C=O) groups excluding carboxylic acids is 2. The van der Waals surface area contributed by atoms with Gasteiger partial charge in [0.2, 0.25) is 5.96 Å². The summed E-state index contributed by atoms with van der Waals surface area (Å²) in [5.74, 6) is -0.571. The number of rotatable bonds is 6. The minimum absolute atomic E-state index is 0.181. The highest BCUT2D eigenvalue weighted by Crippen LogP contribution is 2.15. The fourth-order valence-corrected chi connectivity index (χ4v) is 2.39. The van der Waals surface area contributed by atoms with E-state index in [1.54, 1.807) is 61.8 Å². The maximum atomic E-state index is 12.4. The van der Waals surface area contributed by atoms with Crippen LogP contribution in [0.2, 0.25) is 5.02 Å². The van der Waals surface area contributed by atoms with Crippen LogP contribution in [0.4, 0.5) is 5.69 Å². The monoisotopic (exact) mass is 412 g/mol. The second kappa shape index (κ2) is 11.3. The van der Waals surface area contributed by atoms with E-state index in [4.69, 9.17) is 11.6 Å². The standard InChI is InChI=1S/C20H21ClN6O2/c1-22-10-11-24-13-25-19(29)16-8-3-4-9-17(16)26-20(23-2)27-18(28)14-6-5-7-15(21)12-14/h3-13,22H,1-2H3,(H,24,25,29)(H2,23,26,27,28)/b11-10-. The Morgan fingerprint density at radius 2 is 1.86 bits per heavy atom. The van der Waals surface area contributed by atoms with Crippen molar-refractivity contribution in [1.82, 2.24) is 16.0 Å². The predicted octanol–water partition coefficient (Wildman–Crippen LogP) is 2.62. The molecule has 8 nitrogen and oxygen atoms in total. The zero-order valence-corrected chi connectivity index (χ0v) is 16.7. The normalized spacial score (nSPS) is 11.5. The maximum absolute atomic E-state index is 12.4. The van der Waals surface area contributed by atoms with Gasteiger partial charge >= 0.3 is 0 Å². The summed E-state index contributed by atoms with van der Waals surface area (Å²) in [6, 6.07) is 13.4. The number of hydrogen-bond donors (Lipinski definition) is 4. The number of para-hydroxylation sites is 1. The van der Waals surface area contributed by atoms with E-state index in [9.17, 15) is 9.59 Å². The van der Waals surface area contributed by atoms with E-state index in [-0.39, 0.29) is 17.8 Å². The van der Waals surface area contributed by atoms with Crippen molar-refractivity contribution < 1.29 is 9.59 Å². The third-order valence-electron chi connectivity index (χ3n) is 3.56. The number of carbonyl (C=O) groups is 2. The molecule has 9 heteroatoms. The molecular formula is C20H21ClN6O2. The largest absolute Gasteiger partial charge is 0.393 e. The quantitative estimate of drug-likeness (QED) is 0.432. The summed E-state index contributed by atoms with van der Waals surface area (Å²) < 4.78 is 0. The second-order valence-electron chi connectivity index (χ2n) is 5.56. The number of guanidine groups is 1. The molecule has 0 radical (unpaired) electrons. The third kappa shape index (κ3) is 6.78. The van der Waals surface area contributed by atoms with Gasteiger partial charge in [0.05, 0.1) is 17.6 Å². The van der Waals surface area contributed by atoms with Crippen molar-refractivity contribution in [2.24, 2.45) is 9.98 Å². The molecular weight excluding hydrogens is 392 g/mol. The molecule has 2 rings (SSSR count).